The summed E-state index contributed by atoms with van der Waals surface area (Å²) >= 11 is 0. The second-order valence-electron chi connectivity index (χ2n) is 6.05. The van der Waals surface area contributed by atoms with E-state index in [1.165, 1.54) is 6.26 Å². The summed E-state index contributed by atoms with van der Waals surface area (Å²) in [5.41, 5.74) is 0. The van der Waals surface area contributed by atoms with E-state index in [1.807, 2.05) is 0 Å². The van der Waals surface area contributed by atoms with Crippen molar-refractivity contribution in [1.29, 1.82) is 0 Å². The van der Waals surface area contributed by atoms with Gasteiger partial charge in [-0.2, -0.15) is 0 Å². The lowest BCUT2D eigenvalue weighted by molar-refractivity contribution is -0.153. The molecule has 0 N–H and O–H groups in total. The van der Waals surface area contributed by atoms with Crippen LogP contribution < -0.4 is 0 Å². The fraction of sp³-hybridized carbons (Fsp3) is 0.812. The minimum atomic E-state index is -0.457. The van der Waals surface area contributed by atoms with Gasteiger partial charge in [0.05, 0.1) is 26.4 Å². The third-order valence-corrected chi connectivity index (χ3v) is 4.26. The van der Waals surface area contributed by atoms with Crippen molar-refractivity contribution < 1.29 is 28.5 Å². The fourth-order valence-corrected chi connectivity index (χ4v) is 2.96. The lowest BCUT2D eigenvalue weighted by atomic mass is 10.2. The molecule has 24 heavy (non-hydrogen) atoms. The quantitative estimate of drug-likeness (QED) is 0.596. The topological polar surface area (TPSA) is 69.7 Å². The zero-order valence-electron chi connectivity index (χ0n) is 14.0. The molecular formula is C16H26N2O6. The van der Waals surface area contributed by atoms with E-state index in [-0.39, 0.29) is 11.9 Å². The Morgan fingerprint density at radius 1 is 0.958 bits per heavy atom. The molecule has 0 radical (unpaired) electrons. The molecular weight excluding hydrogens is 316 g/mol. The zero-order chi connectivity index (χ0) is 16.6. The second-order valence-corrected chi connectivity index (χ2v) is 6.05. The number of ether oxygens (including phenoxy) is 5. The summed E-state index contributed by atoms with van der Waals surface area (Å²) in [5, 5.41) is 0. The molecule has 2 saturated heterocycles. The van der Waals surface area contributed by atoms with E-state index in [2.05, 4.69) is 9.80 Å². The van der Waals surface area contributed by atoms with Crippen LogP contribution in [0.3, 0.4) is 0 Å². The lowest BCUT2D eigenvalue weighted by Crippen LogP contribution is -2.48. The Morgan fingerprint density at radius 3 is 2.04 bits per heavy atom. The second kappa shape index (κ2) is 9.22. The number of carbonyl (C=O) groups excluding carboxylic acids is 1. The Bertz CT molecular complexity index is 412. The molecule has 3 aliphatic rings. The lowest BCUT2D eigenvalue weighted by Gasteiger charge is -2.34. The molecule has 0 aromatic heterocycles. The van der Waals surface area contributed by atoms with Gasteiger partial charge < -0.3 is 23.7 Å². The maximum atomic E-state index is 12.3. The first-order chi connectivity index (χ1) is 11.8. The van der Waals surface area contributed by atoms with Crippen LogP contribution in [0.1, 0.15) is 0 Å². The van der Waals surface area contributed by atoms with Crippen LogP contribution in [-0.2, 0) is 28.5 Å². The highest BCUT2D eigenvalue weighted by atomic mass is 16.6. The molecule has 0 aromatic rings. The third-order valence-electron chi connectivity index (χ3n) is 4.26. The molecule has 0 spiro atoms. The maximum Gasteiger partial charge on any atom is 0.377 e. The Hall–Kier alpha value is -1.35. The average Bonchev–Trinajstić information content (AvgIpc) is 2.64. The first-order valence-electron chi connectivity index (χ1n) is 8.57. The van der Waals surface area contributed by atoms with Crippen LogP contribution in [0, 0.1) is 0 Å². The van der Waals surface area contributed by atoms with Crippen molar-refractivity contribution in [2.75, 3.05) is 78.9 Å². The van der Waals surface area contributed by atoms with Crippen LogP contribution >= 0.6 is 0 Å². The van der Waals surface area contributed by atoms with E-state index in [4.69, 9.17) is 23.7 Å². The molecule has 3 aliphatic heterocycles. The average molecular weight is 342 g/mol. The van der Waals surface area contributed by atoms with Gasteiger partial charge in [0.1, 0.15) is 25.6 Å². The van der Waals surface area contributed by atoms with Crippen LogP contribution in [0.15, 0.2) is 12.0 Å². The number of hydrogen-bond acceptors (Lipinski definition) is 8. The predicted octanol–water partition coefficient (Wildman–Crippen LogP) is -0.549. The molecule has 3 heterocycles. The van der Waals surface area contributed by atoms with Crippen molar-refractivity contribution in [3.63, 3.8) is 0 Å². The maximum absolute atomic E-state index is 12.3. The summed E-state index contributed by atoms with van der Waals surface area (Å²) in [7, 11) is 0. The normalized spacial score (nSPS) is 23.3. The van der Waals surface area contributed by atoms with Crippen molar-refractivity contribution >= 4 is 5.97 Å². The summed E-state index contributed by atoms with van der Waals surface area (Å²) < 4.78 is 26.9. The molecule has 0 unspecified atom stereocenters. The molecule has 2 fully saturated rings. The van der Waals surface area contributed by atoms with Gasteiger partial charge in [0, 0.05) is 39.3 Å². The van der Waals surface area contributed by atoms with Gasteiger partial charge in [0.15, 0.2) is 0 Å². The molecule has 136 valence electrons. The Balaban J connectivity index is 1.56. The molecule has 0 atom stereocenters. The van der Waals surface area contributed by atoms with Gasteiger partial charge in [-0.25, -0.2) is 4.79 Å². The van der Waals surface area contributed by atoms with Crippen molar-refractivity contribution in [2.24, 2.45) is 0 Å². The summed E-state index contributed by atoms with van der Waals surface area (Å²) in [5.74, 6) is -0.309. The number of carbonyl (C=O) groups is 1. The van der Waals surface area contributed by atoms with Crippen LogP contribution in [0.4, 0.5) is 0 Å². The van der Waals surface area contributed by atoms with E-state index >= 15 is 0 Å². The van der Waals surface area contributed by atoms with Gasteiger partial charge in [-0.05, 0) is 0 Å². The van der Waals surface area contributed by atoms with Crippen LogP contribution in [-0.4, -0.2) is 101 Å². The highest BCUT2D eigenvalue weighted by Gasteiger charge is 2.26. The minimum Gasteiger partial charge on any atom is -0.493 e. The number of esters is 1. The smallest absolute Gasteiger partial charge is 0.377 e. The van der Waals surface area contributed by atoms with Gasteiger partial charge in [0.25, 0.3) is 0 Å². The highest BCUT2D eigenvalue weighted by Crippen LogP contribution is 2.11. The Kier molecular flexibility index (Phi) is 6.71. The van der Waals surface area contributed by atoms with E-state index in [1.54, 1.807) is 0 Å². The summed E-state index contributed by atoms with van der Waals surface area (Å²) in [6.45, 7) is 8.56. The van der Waals surface area contributed by atoms with Gasteiger partial charge >= 0.3 is 5.97 Å². The molecule has 3 rings (SSSR count). The predicted molar refractivity (Wildman–Crippen MR) is 84.4 cm³/mol. The Labute approximate surface area is 142 Å². The van der Waals surface area contributed by atoms with Gasteiger partial charge in [0.2, 0.25) is 5.76 Å². The fourth-order valence-electron chi connectivity index (χ4n) is 2.96. The Morgan fingerprint density at radius 2 is 1.54 bits per heavy atom. The third kappa shape index (κ3) is 5.34. The van der Waals surface area contributed by atoms with E-state index in [0.29, 0.717) is 26.3 Å². The molecule has 0 amide bonds. The minimum absolute atomic E-state index is 0.148. The zero-order valence-corrected chi connectivity index (χ0v) is 14.0. The SMILES string of the molecule is O=C(OC(CN1CCOCC1)CN1CCOCC1)C1=COCCO1. The number of morpholine rings is 2. The summed E-state index contributed by atoms with van der Waals surface area (Å²) in [6.07, 6.45) is 1.12. The van der Waals surface area contributed by atoms with Crippen molar-refractivity contribution in [3.05, 3.63) is 12.0 Å². The standard InChI is InChI=1S/C16H26N2O6/c19-16(15-13-22-9-10-23-15)24-14(11-17-1-5-20-6-2-17)12-18-3-7-21-8-4-18/h13-14H,1-12H2. The summed E-state index contributed by atoms with van der Waals surface area (Å²) in [4.78, 5) is 16.9. The number of nitrogens with zero attached hydrogens (tertiary/aromatic N) is 2. The largest absolute Gasteiger partial charge is 0.493 e. The van der Waals surface area contributed by atoms with Crippen LogP contribution in [0.2, 0.25) is 0 Å². The van der Waals surface area contributed by atoms with Gasteiger partial charge in [-0.3, -0.25) is 9.80 Å². The van der Waals surface area contributed by atoms with Crippen LogP contribution in [0.25, 0.3) is 0 Å². The molecule has 0 saturated carbocycles. The van der Waals surface area contributed by atoms with Gasteiger partial charge in [-0.1, -0.05) is 0 Å². The van der Waals surface area contributed by atoms with Crippen molar-refractivity contribution in [2.45, 2.75) is 6.10 Å². The van der Waals surface area contributed by atoms with Crippen LogP contribution in [0.5, 0.6) is 0 Å². The first-order valence-corrected chi connectivity index (χ1v) is 8.57. The highest BCUT2D eigenvalue weighted by molar-refractivity contribution is 5.86. The van der Waals surface area contributed by atoms with E-state index in [0.717, 1.165) is 52.6 Å². The van der Waals surface area contributed by atoms with E-state index < -0.39 is 5.97 Å². The molecule has 0 aliphatic carbocycles. The van der Waals surface area contributed by atoms with E-state index in [9.17, 15) is 4.79 Å². The van der Waals surface area contributed by atoms with Crippen molar-refractivity contribution in [3.8, 4) is 0 Å². The summed E-state index contributed by atoms with van der Waals surface area (Å²) in [6, 6.07) is 0. The first kappa shape index (κ1) is 17.5. The number of rotatable bonds is 6. The molecule has 0 aromatic carbocycles. The van der Waals surface area contributed by atoms with Gasteiger partial charge in [-0.15, -0.1) is 0 Å². The molecule has 8 heteroatoms. The monoisotopic (exact) mass is 342 g/mol. The number of hydrogen-bond donors (Lipinski definition) is 0. The molecule has 0 bridgehead atoms. The molecule has 8 nitrogen and oxygen atoms in total. The van der Waals surface area contributed by atoms with Crippen molar-refractivity contribution in [1.82, 2.24) is 9.80 Å².